The fourth-order valence-electron chi connectivity index (χ4n) is 1.14. The Kier molecular flexibility index (Phi) is 3.74. The lowest BCUT2D eigenvalue weighted by atomic mass is 10.4. The Morgan fingerprint density at radius 1 is 1.59 bits per heavy atom. The van der Waals surface area contributed by atoms with E-state index in [1.807, 2.05) is 0 Å². The highest BCUT2D eigenvalue weighted by Crippen LogP contribution is 2.29. The topological polar surface area (TPSA) is 59.7 Å². The van der Waals surface area contributed by atoms with Gasteiger partial charge in [0.1, 0.15) is 6.61 Å². The summed E-state index contributed by atoms with van der Waals surface area (Å²) in [5.41, 5.74) is 0. The first-order valence-electron chi connectivity index (χ1n) is 5.43. The van der Waals surface area contributed by atoms with E-state index in [-0.39, 0.29) is 18.4 Å². The molecule has 1 aliphatic rings. The summed E-state index contributed by atoms with van der Waals surface area (Å²) in [5.74, 6) is -0.0738. The molecule has 1 aliphatic carbocycles. The van der Waals surface area contributed by atoms with Crippen LogP contribution in [0.25, 0.3) is 0 Å². The van der Waals surface area contributed by atoms with Crippen LogP contribution in [-0.2, 0) is 0 Å². The van der Waals surface area contributed by atoms with E-state index in [0.29, 0.717) is 12.5 Å². The molecule has 0 atom stereocenters. The van der Waals surface area contributed by atoms with E-state index in [2.05, 4.69) is 26.8 Å². The maximum atomic E-state index is 13.3. The lowest BCUT2D eigenvalue weighted by Crippen LogP contribution is -1.98. The summed E-state index contributed by atoms with van der Waals surface area (Å²) in [6.07, 6.45) is 4.94. The molecule has 90 valence electrons. The van der Waals surface area contributed by atoms with Crippen LogP contribution in [0, 0.1) is 11.7 Å². The second-order valence-corrected chi connectivity index (χ2v) is 3.79. The molecule has 1 heterocycles. The first-order chi connectivity index (χ1) is 8.29. The fourth-order valence-corrected chi connectivity index (χ4v) is 1.14. The van der Waals surface area contributed by atoms with Crippen LogP contribution in [0.4, 0.5) is 10.2 Å². The molecule has 0 N–H and O–H groups in total. The molecule has 2 rings (SSSR count). The van der Waals surface area contributed by atoms with Gasteiger partial charge in [-0.05, 0) is 18.8 Å². The summed E-state index contributed by atoms with van der Waals surface area (Å²) in [7, 11) is 0. The van der Waals surface area contributed by atoms with Crippen molar-refractivity contribution in [2.24, 2.45) is 16.1 Å². The van der Waals surface area contributed by atoms with Crippen LogP contribution in [0.15, 0.2) is 29.1 Å². The molecule has 0 aromatic carbocycles. The quantitative estimate of drug-likeness (QED) is 0.563. The molecule has 0 bridgehead atoms. The third-order valence-electron chi connectivity index (χ3n) is 2.24. The Hall–Kier alpha value is -1.85. The van der Waals surface area contributed by atoms with Gasteiger partial charge in [0.05, 0.1) is 12.7 Å². The molecular weight excluding hydrogens is 223 g/mol. The molecule has 0 unspecified atom stereocenters. The van der Waals surface area contributed by atoms with E-state index >= 15 is 0 Å². The van der Waals surface area contributed by atoms with Gasteiger partial charge in [-0.15, -0.1) is 5.11 Å². The summed E-state index contributed by atoms with van der Waals surface area (Å²) >= 11 is 0. The first-order valence-corrected chi connectivity index (χ1v) is 5.43. The van der Waals surface area contributed by atoms with Gasteiger partial charge >= 0.3 is 6.01 Å². The Morgan fingerprint density at radius 3 is 3.12 bits per heavy atom. The largest absolute Gasteiger partial charge is 0.459 e. The van der Waals surface area contributed by atoms with Crippen LogP contribution >= 0.6 is 0 Å². The van der Waals surface area contributed by atoms with Gasteiger partial charge in [0.25, 0.3) is 0 Å². The van der Waals surface area contributed by atoms with Crippen molar-refractivity contribution in [3.05, 3.63) is 24.7 Å². The van der Waals surface area contributed by atoms with Crippen molar-refractivity contribution in [3.63, 3.8) is 0 Å². The van der Waals surface area contributed by atoms with Crippen molar-refractivity contribution in [3.8, 4) is 6.01 Å². The minimum absolute atomic E-state index is 0.0756. The summed E-state index contributed by atoms with van der Waals surface area (Å²) in [6.45, 7) is 4.39. The van der Waals surface area contributed by atoms with Crippen molar-refractivity contribution in [1.82, 2.24) is 9.97 Å². The second kappa shape index (κ2) is 5.47. The monoisotopic (exact) mass is 236 g/mol. The summed E-state index contributed by atoms with van der Waals surface area (Å²) in [6, 6.07) is 0.0756. The standard InChI is InChI=1S/C11H13FN4O/c1-2-5-17-11-13-7-9(12)10(15-11)16-14-6-8-3-4-8/h2,7-8H,1,3-6H2. The van der Waals surface area contributed by atoms with Gasteiger partial charge in [-0.1, -0.05) is 12.7 Å². The molecule has 1 aromatic heterocycles. The molecular formula is C11H13FN4O. The molecule has 0 spiro atoms. The molecule has 17 heavy (non-hydrogen) atoms. The Labute approximate surface area is 98.5 Å². The number of ether oxygens (including phenoxy) is 1. The Morgan fingerprint density at radius 2 is 2.41 bits per heavy atom. The van der Waals surface area contributed by atoms with E-state index in [0.717, 1.165) is 6.20 Å². The molecule has 0 aliphatic heterocycles. The van der Waals surface area contributed by atoms with Gasteiger partial charge in [-0.25, -0.2) is 9.37 Å². The van der Waals surface area contributed by atoms with E-state index in [9.17, 15) is 4.39 Å². The third kappa shape index (κ3) is 3.58. The van der Waals surface area contributed by atoms with Crippen LogP contribution in [0.2, 0.25) is 0 Å². The average Bonchev–Trinajstić information content (AvgIpc) is 3.14. The first kappa shape index (κ1) is 11.6. The van der Waals surface area contributed by atoms with Gasteiger partial charge in [-0.2, -0.15) is 10.1 Å². The lowest BCUT2D eigenvalue weighted by molar-refractivity contribution is 0.331. The number of halogens is 1. The predicted octanol–water partition coefficient (Wildman–Crippen LogP) is 2.67. The van der Waals surface area contributed by atoms with Gasteiger partial charge in [0.2, 0.25) is 5.82 Å². The van der Waals surface area contributed by atoms with Crippen molar-refractivity contribution < 1.29 is 9.13 Å². The van der Waals surface area contributed by atoms with Crippen LogP contribution in [0.1, 0.15) is 12.8 Å². The highest BCUT2D eigenvalue weighted by Gasteiger charge is 2.20. The number of rotatable bonds is 6. The van der Waals surface area contributed by atoms with Crippen LogP contribution in [0.5, 0.6) is 6.01 Å². The van der Waals surface area contributed by atoms with Crippen LogP contribution in [0.3, 0.4) is 0 Å². The lowest BCUT2D eigenvalue weighted by Gasteiger charge is -2.01. The highest BCUT2D eigenvalue weighted by molar-refractivity contribution is 5.27. The molecule has 1 saturated carbocycles. The zero-order valence-electron chi connectivity index (χ0n) is 9.34. The number of hydrogen-bond donors (Lipinski definition) is 0. The minimum Gasteiger partial charge on any atom is -0.459 e. The number of azo groups is 1. The summed E-state index contributed by atoms with van der Waals surface area (Å²) in [5, 5.41) is 7.65. The van der Waals surface area contributed by atoms with Crippen molar-refractivity contribution >= 4 is 5.82 Å². The van der Waals surface area contributed by atoms with E-state index in [1.165, 1.54) is 12.8 Å². The predicted molar refractivity (Wildman–Crippen MR) is 59.8 cm³/mol. The highest BCUT2D eigenvalue weighted by atomic mass is 19.1. The van der Waals surface area contributed by atoms with E-state index < -0.39 is 5.82 Å². The van der Waals surface area contributed by atoms with Crippen molar-refractivity contribution in [2.45, 2.75) is 12.8 Å². The smallest absolute Gasteiger partial charge is 0.318 e. The van der Waals surface area contributed by atoms with Gasteiger partial charge in [0.15, 0.2) is 5.82 Å². The van der Waals surface area contributed by atoms with Crippen molar-refractivity contribution in [1.29, 1.82) is 0 Å². The normalized spacial score (nSPS) is 15.1. The number of nitrogens with zero attached hydrogens (tertiary/aromatic N) is 4. The SMILES string of the molecule is C=CCOc1ncc(F)c(N=NCC2CC2)n1. The summed E-state index contributed by atoms with van der Waals surface area (Å²) in [4.78, 5) is 7.48. The second-order valence-electron chi connectivity index (χ2n) is 3.79. The Balaban J connectivity index is 2.02. The van der Waals surface area contributed by atoms with E-state index in [1.54, 1.807) is 6.08 Å². The average molecular weight is 236 g/mol. The maximum absolute atomic E-state index is 13.3. The van der Waals surface area contributed by atoms with Crippen molar-refractivity contribution in [2.75, 3.05) is 13.2 Å². The molecule has 1 fully saturated rings. The molecule has 5 nitrogen and oxygen atoms in total. The third-order valence-corrected chi connectivity index (χ3v) is 2.24. The maximum Gasteiger partial charge on any atom is 0.318 e. The van der Waals surface area contributed by atoms with E-state index in [4.69, 9.17) is 4.74 Å². The zero-order valence-corrected chi connectivity index (χ0v) is 9.34. The fraction of sp³-hybridized carbons (Fsp3) is 0.455. The van der Waals surface area contributed by atoms with Gasteiger partial charge in [0, 0.05) is 0 Å². The molecule has 0 amide bonds. The zero-order chi connectivity index (χ0) is 12.1. The summed E-state index contributed by atoms with van der Waals surface area (Å²) < 4.78 is 18.4. The van der Waals surface area contributed by atoms with Crippen LogP contribution < -0.4 is 4.74 Å². The van der Waals surface area contributed by atoms with Crippen LogP contribution in [-0.4, -0.2) is 23.1 Å². The molecule has 6 heteroatoms. The molecule has 0 saturated heterocycles. The minimum atomic E-state index is -0.601. The number of hydrogen-bond acceptors (Lipinski definition) is 5. The molecule has 0 radical (unpaired) electrons. The Bertz CT molecular complexity index is 431. The molecule has 1 aromatic rings. The van der Waals surface area contributed by atoms with Gasteiger partial charge in [-0.3, -0.25) is 0 Å². The number of aromatic nitrogens is 2. The van der Waals surface area contributed by atoms with Gasteiger partial charge < -0.3 is 4.74 Å².